The van der Waals surface area contributed by atoms with Crippen molar-refractivity contribution in [1.29, 1.82) is 0 Å². The number of amides is 1. The fourth-order valence-corrected chi connectivity index (χ4v) is 3.55. The third kappa shape index (κ3) is 5.25. The van der Waals surface area contributed by atoms with Gasteiger partial charge in [0, 0.05) is 50.9 Å². The van der Waals surface area contributed by atoms with Crippen molar-refractivity contribution < 1.29 is 4.79 Å². The SMILES string of the molecule is CCNC(=NCc1cccc(N2CC=CC2)c1)NC1CCN(C(=O)CC)C1. The van der Waals surface area contributed by atoms with Gasteiger partial charge in [-0.25, -0.2) is 4.99 Å². The molecule has 3 rings (SSSR count). The van der Waals surface area contributed by atoms with Crippen LogP contribution in [0.4, 0.5) is 5.69 Å². The molecule has 2 aliphatic rings. The van der Waals surface area contributed by atoms with Crippen LogP contribution in [0.3, 0.4) is 0 Å². The Kier molecular flexibility index (Phi) is 6.74. The van der Waals surface area contributed by atoms with E-state index in [9.17, 15) is 4.79 Å². The standard InChI is InChI=1S/C21H31N5O/c1-3-20(27)26-13-10-18(16-26)24-21(22-4-2)23-15-17-8-7-9-19(14-17)25-11-5-6-12-25/h5-9,14,18H,3-4,10-13,15-16H2,1-2H3,(H2,22,23,24). The van der Waals surface area contributed by atoms with Crippen LogP contribution in [0.15, 0.2) is 41.4 Å². The molecule has 27 heavy (non-hydrogen) atoms. The summed E-state index contributed by atoms with van der Waals surface area (Å²) in [6.45, 7) is 8.98. The number of benzene rings is 1. The highest BCUT2D eigenvalue weighted by Crippen LogP contribution is 2.19. The van der Waals surface area contributed by atoms with Crippen molar-refractivity contribution >= 4 is 17.6 Å². The molecular formula is C21H31N5O. The second-order valence-corrected chi connectivity index (χ2v) is 7.06. The van der Waals surface area contributed by atoms with E-state index in [4.69, 9.17) is 4.99 Å². The average Bonchev–Trinajstić information content (AvgIpc) is 3.38. The molecule has 1 atom stereocenters. The van der Waals surface area contributed by atoms with Crippen LogP contribution in [0, 0.1) is 0 Å². The van der Waals surface area contributed by atoms with Crippen LogP contribution in [0.25, 0.3) is 0 Å². The quantitative estimate of drug-likeness (QED) is 0.458. The first kappa shape index (κ1) is 19.3. The van der Waals surface area contributed by atoms with Crippen molar-refractivity contribution in [3.05, 3.63) is 42.0 Å². The number of carbonyl (C=O) groups is 1. The largest absolute Gasteiger partial charge is 0.364 e. The van der Waals surface area contributed by atoms with Crippen molar-refractivity contribution in [3.8, 4) is 0 Å². The number of nitrogens with zero attached hydrogens (tertiary/aromatic N) is 3. The van der Waals surface area contributed by atoms with Gasteiger partial charge in [-0.3, -0.25) is 4.79 Å². The van der Waals surface area contributed by atoms with Crippen molar-refractivity contribution in [2.24, 2.45) is 4.99 Å². The number of aliphatic imine (C=N–C) groups is 1. The lowest BCUT2D eigenvalue weighted by molar-refractivity contribution is -0.129. The summed E-state index contributed by atoms with van der Waals surface area (Å²) in [6, 6.07) is 8.86. The summed E-state index contributed by atoms with van der Waals surface area (Å²) >= 11 is 0. The summed E-state index contributed by atoms with van der Waals surface area (Å²) in [5.41, 5.74) is 2.45. The molecule has 2 heterocycles. The second-order valence-electron chi connectivity index (χ2n) is 7.06. The smallest absolute Gasteiger partial charge is 0.222 e. The summed E-state index contributed by atoms with van der Waals surface area (Å²) in [7, 11) is 0. The molecule has 146 valence electrons. The van der Waals surface area contributed by atoms with E-state index in [2.05, 4.69) is 58.9 Å². The first-order valence-electron chi connectivity index (χ1n) is 10.0. The maximum Gasteiger partial charge on any atom is 0.222 e. The molecule has 0 saturated carbocycles. The number of likely N-dealkylation sites (tertiary alicyclic amines) is 1. The molecule has 0 radical (unpaired) electrons. The molecule has 0 aliphatic carbocycles. The molecule has 1 aromatic rings. The molecule has 6 heteroatoms. The van der Waals surface area contributed by atoms with Crippen LogP contribution in [-0.2, 0) is 11.3 Å². The number of nitrogens with one attached hydrogen (secondary N) is 2. The second kappa shape index (κ2) is 9.44. The van der Waals surface area contributed by atoms with Gasteiger partial charge < -0.3 is 20.4 Å². The van der Waals surface area contributed by atoms with Crippen LogP contribution < -0.4 is 15.5 Å². The molecule has 6 nitrogen and oxygen atoms in total. The van der Waals surface area contributed by atoms with Crippen LogP contribution in [0.1, 0.15) is 32.3 Å². The van der Waals surface area contributed by atoms with Gasteiger partial charge in [0.05, 0.1) is 6.54 Å². The van der Waals surface area contributed by atoms with E-state index < -0.39 is 0 Å². The molecule has 1 amide bonds. The Morgan fingerprint density at radius 2 is 2.07 bits per heavy atom. The van der Waals surface area contributed by atoms with E-state index in [1.54, 1.807) is 0 Å². The zero-order valence-electron chi connectivity index (χ0n) is 16.4. The third-order valence-electron chi connectivity index (χ3n) is 5.04. The molecule has 2 aliphatic heterocycles. The number of carbonyl (C=O) groups excluding carboxylic acids is 1. The number of hydrogen-bond donors (Lipinski definition) is 2. The summed E-state index contributed by atoms with van der Waals surface area (Å²) in [6.07, 6.45) is 5.94. The van der Waals surface area contributed by atoms with Gasteiger partial charge in [0.2, 0.25) is 5.91 Å². The maximum atomic E-state index is 11.9. The predicted octanol–water partition coefficient (Wildman–Crippen LogP) is 2.13. The minimum absolute atomic E-state index is 0.231. The Hall–Kier alpha value is -2.50. The fourth-order valence-electron chi connectivity index (χ4n) is 3.55. The zero-order chi connectivity index (χ0) is 19.1. The van der Waals surface area contributed by atoms with Crippen LogP contribution >= 0.6 is 0 Å². The van der Waals surface area contributed by atoms with Crippen LogP contribution in [-0.4, -0.2) is 55.5 Å². The summed E-state index contributed by atoms with van der Waals surface area (Å²) < 4.78 is 0. The Morgan fingerprint density at radius 3 is 2.81 bits per heavy atom. The van der Waals surface area contributed by atoms with Crippen LogP contribution in [0.5, 0.6) is 0 Å². The molecule has 0 bridgehead atoms. The highest BCUT2D eigenvalue weighted by atomic mass is 16.2. The summed E-state index contributed by atoms with van der Waals surface area (Å²) in [5.74, 6) is 1.05. The topological polar surface area (TPSA) is 60.0 Å². The van der Waals surface area contributed by atoms with E-state index >= 15 is 0 Å². The minimum atomic E-state index is 0.231. The van der Waals surface area contributed by atoms with Gasteiger partial charge in [-0.15, -0.1) is 0 Å². The molecule has 2 N–H and O–H groups in total. The summed E-state index contributed by atoms with van der Waals surface area (Å²) in [4.78, 5) is 20.9. The number of rotatable bonds is 6. The lowest BCUT2D eigenvalue weighted by Gasteiger charge is -2.19. The van der Waals surface area contributed by atoms with Crippen molar-refractivity contribution in [1.82, 2.24) is 15.5 Å². The third-order valence-corrected chi connectivity index (χ3v) is 5.04. The van der Waals surface area contributed by atoms with Gasteiger partial charge in [-0.05, 0) is 31.0 Å². The first-order chi connectivity index (χ1) is 13.2. The van der Waals surface area contributed by atoms with Crippen molar-refractivity contribution in [2.75, 3.05) is 37.6 Å². The molecule has 0 aromatic heterocycles. The van der Waals surface area contributed by atoms with E-state index in [0.717, 1.165) is 45.1 Å². The molecule has 1 fully saturated rings. The van der Waals surface area contributed by atoms with E-state index in [1.807, 2.05) is 11.8 Å². The Morgan fingerprint density at radius 1 is 1.26 bits per heavy atom. The lowest BCUT2D eigenvalue weighted by Crippen LogP contribution is -2.45. The monoisotopic (exact) mass is 369 g/mol. The van der Waals surface area contributed by atoms with Gasteiger partial charge in [-0.1, -0.05) is 31.2 Å². The van der Waals surface area contributed by atoms with Gasteiger partial charge >= 0.3 is 0 Å². The molecule has 1 saturated heterocycles. The van der Waals surface area contributed by atoms with Crippen molar-refractivity contribution in [2.45, 2.75) is 39.3 Å². The van der Waals surface area contributed by atoms with Gasteiger partial charge in [0.15, 0.2) is 5.96 Å². The average molecular weight is 370 g/mol. The predicted molar refractivity (Wildman–Crippen MR) is 111 cm³/mol. The first-order valence-corrected chi connectivity index (χ1v) is 10.0. The van der Waals surface area contributed by atoms with Gasteiger partial charge in [-0.2, -0.15) is 0 Å². The zero-order valence-corrected chi connectivity index (χ0v) is 16.4. The van der Waals surface area contributed by atoms with Crippen LogP contribution in [0.2, 0.25) is 0 Å². The Balaban J connectivity index is 1.59. The highest BCUT2D eigenvalue weighted by Gasteiger charge is 2.25. The molecule has 0 spiro atoms. The number of hydrogen-bond acceptors (Lipinski definition) is 3. The van der Waals surface area contributed by atoms with E-state index in [0.29, 0.717) is 13.0 Å². The lowest BCUT2D eigenvalue weighted by atomic mass is 10.2. The summed E-state index contributed by atoms with van der Waals surface area (Å²) in [5, 5.41) is 6.81. The minimum Gasteiger partial charge on any atom is -0.364 e. The normalized spacial score (nSPS) is 19.6. The fraction of sp³-hybridized carbons (Fsp3) is 0.524. The Labute approximate surface area is 162 Å². The molecular weight excluding hydrogens is 338 g/mol. The van der Waals surface area contributed by atoms with E-state index in [-0.39, 0.29) is 11.9 Å². The van der Waals surface area contributed by atoms with Gasteiger partial charge in [0.1, 0.15) is 0 Å². The number of guanidine groups is 1. The Bertz CT molecular complexity index is 692. The molecule has 1 unspecified atom stereocenters. The molecule has 1 aromatic carbocycles. The highest BCUT2D eigenvalue weighted by molar-refractivity contribution is 5.80. The van der Waals surface area contributed by atoms with E-state index in [1.165, 1.54) is 11.3 Å². The van der Waals surface area contributed by atoms with Crippen molar-refractivity contribution in [3.63, 3.8) is 0 Å². The van der Waals surface area contributed by atoms with Gasteiger partial charge in [0.25, 0.3) is 0 Å². The number of anilines is 1. The maximum absolute atomic E-state index is 11.9.